The summed E-state index contributed by atoms with van der Waals surface area (Å²) in [5, 5.41) is 0. The number of aryl methyl sites for hydroxylation is 3. The second-order valence-corrected chi connectivity index (χ2v) is 11.0. The number of benzene rings is 3. The van der Waals surface area contributed by atoms with Crippen LogP contribution in [0.25, 0.3) is 11.1 Å². The van der Waals surface area contributed by atoms with Crippen LogP contribution in [0.1, 0.15) is 58.6 Å². The molecular formula is C34H30BF3N2O+. The standard InChI is InChI=1S/C34H30BF3N2O/c1-17-13-18(2)28(19(3)14-17)31-32-20(4)29(30-26(37)15-24(36)16-27(30)38)22(6)39(32)35-40-23(7)34(21(5)33(31)40)41-25-11-9-8-10-12-25/h8-16H,1-7H3/q+1. The van der Waals surface area contributed by atoms with E-state index in [0.29, 0.717) is 16.9 Å². The van der Waals surface area contributed by atoms with Gasteiger partial charge in [-0.3, -0.25) is 4.49 Å². The van der Waals surface area contributed by atoms with Crippen molar-refractivity contribution in [1.29, 1.82) is 0 Å². The summed E-state index contributed by atoms with van der Waals surface area (Å²) in [6.07, 6.45) is 0. The van der Waals surface area contributed by atoms with Crippen LogP contribution in [-0.4, -0.2) is 22.2 Å². The van der Waals surface area contributed by atoms with Crippen LogP contribution < -0.4 is 4.74 Å². The zero-order valence-electron chi connectivity index (χ0n) is 24.2. The van der Waals surface area contributed by atoms with E-state index in [-0.39, 0.29) is 5.56 Å². The quantitative estimate of drug-likeness (QED) is 0.234. The summed E-state index contributed by atoms with van der Waals surface area (Å²) in [6, 6.07) is 15.5. The summed E-state index contributed by atoms with van der Waals surface area (Å²) in [5.41, 5.74) is 10.6. The highest BCUT2D eigenvalue weighted by atomic mass is 19.1. The Morgan fingerprint density at radius 1 is 0.756 bits per heavy atom. The Labute approximate surface area is 239 Å². The van der Waals surface area contributed by atoms with Gasteiger partial charge in [-0.1, -0.05) is 35.9 Å². The molecule has 0 unspecified atom stereocenters. The summed E-state index contributed by atoms with van der Waals surface area (Å²) >= 11 is 0. The Bertz CT molecular complexity index is 1830. The van der Waals surface area contributed by atoms with Crippen LogP contribution in [0.5, 0.6) is 11.5 Å². The second kappa shape index (κ2) is 9.69. The van der Waals surface area contributed by atoms with Crippen LogP contribution in [-0.2, 0) is 0 Å². The van der Waals surface area contributed by atoms with Gasteiger partial charge in [0.05, 0.1) is 28.1 Å². The smallest absolute Gasteiger partial charge is 0.455 e. The van der Waals surface area contributed by atoms with Crippen molar-refractivity contribution in [2.75, 3.05) is 0 Å². The van der Waals surface area contributed by atoms with Crippen molar-refractivity contribution in [3.8, 4) is 11.5 Å². The molecule has 3 heterocycles. The molecule has 7 heteroatoms. The predicted molar refractivity (Wildman–Crippen MR) is 158 cm³/mol. The molecule has 2 aliphatic rings. The van der Waals surface area contributed by atoms with Gasteiger partial charge in [0.2, 0.25) is 0 Å². The van der Waals surface area contributed by atoms with Gasteiger partial charge in [0.25, 0.3) is 0 Å². The zero-order chi connectivity index (χ0) is 29.3. The molecule has 2 aliphatic heterocycles. The molecule has 0 saturated heterocycles. The molecule has 1 radical (unpaired) electrons. The fourth-order valence-corrected chi connectivity index (χ4v) is 6.54. The molecule has 3 aromatic carbocycles. The number of allylic oxidation sites excluding steroid dienone is 2. The van der Waals surface area contributed by atoms with Gasteiger partial charge in [-0.25, -0.2) is 13.2 Å². The molecule has 0 atom stereocenters. The third-order valence-corrected chi connectivity index (χ3v) is 8.17. The molecule has 0 aliphatic carbocycles. The van der Waals surface area contributed by atoms with Crippen LogP contribution in [0.15, 0.2) is 65.9 Å². The van der Waals surface area contributed by atoms with Gasteiger partial charge in [-0.2, -0.15) is 0 Å². The Balaban J connectivity index is 1.70. The molecule has 4 aromatic rings. The molecule has 0 fully saturated rings. The molecule has 1 aromatic heterocycles. The first-order chi connectivity index (χ1) is 19.5. The van der Waals surface area contributed by atoms with Crippen molar-refractivity contribution in [3.05, 3.63) is 128 Å². The molecule has 0 N–H and O–H groups in total. The topological polar surface area (TPSA) is 17.2 Å². The van der Waals surface area contributed by atoms with Crippen molar-refractivity contribution in [2.45, 2.75) is 48.5 Å². The van der Waals surface area contributed by atoms with Crippen molar-refractivity contribution in [3.63, 3.8) is 0 Å². The fourth-order valence-electron chi connectivity index (χ4n) is 6.54. The summed E-state index contributed by atoms with van der Waals surface area (Å²) < 4.78 is 54.7. The van der Waals surface area contributed by atoms with Crippen molar-refractivity contribution >= 4 is 24.4 Å². The summed E-state index contributed by atoms with van der Waals surface area (Å²) in [7, 11) is 1.96. The van der Waals surface area contributed by atoms with E-state index in [1.54, 1.807) is 0 Å². The minimum absolute atomic E-state index is 0.223. The van der Waals surface area contributed by atoms with Crippen LogP contribution >= 0.6 is 0 Å². The highest BCUT2D eigenvalue weighted by Crippen LogP contribution is 2.47. The Hall–Kier alpha value is -4.26. The SMILES string of the molecule is CC1=C(c2c(F)cc(F)cc2F)C(C)=[N+]2[B]n3c(C)c(Oc4ccccc4)c(C)c3C(c3c(C)cc(C)cc3C)=C12. The first-order valence-electron chi connectivity index (χ1n) is 13.6. The number of halogens is 3. The minimum atomic E-state index is -0.944. The molecular weight excluding hydrogens is 520 g/mol. The third kappa shape index (κ3) is 4.09. The van der Waals surface area contributed by atoms with Gasteiger partial charge in [-0.05, 0) is 70.4 Å². The monoisotopic (exact) mass is 550 g/mol. The van der Waals surface area contributed by atoms with E-state index in [4.69, 9.17) is 4.74 Å². The number of aromatic nitrogens is 1. The number of para-hydroxylation sites is 1. The largest absolute Gasteiger partial charge is 0.700 e. The highest BCUT2D eigenvalue weighted by molar-refractivity contribution is 6.35. The molecule has 0 spiro atoms. The van der Waals surface area contributed by atoms with E-state index in [1.165, 1.54) is 0 Å². The number of rotatable bonds is 4. The Morgan fingerprint density at radius 3 is 1.98 bits per heavy atom. The lowest BCUT2D eigenvalue weighted by atomic mass is 9.84. The van der Waals surface area contributed by atoms with Gasteiger partial charge < -0.3 is 9.21 Å². The summed E-state index contributed by atoms with van der Waals surface area (Å²) in [4.78, 5) is 0. The number of ether oxygens (including phenoxy) is 1. The Morgan fingerprint density at radius 2 is 1.37 bits per heavy atom. The van der Waals surface area contributed by atoms with Crippen molar-refractivity contribution in [1.82, 2.24) is 4.48 Å². The van der Waals surface area contributed by atoms with Gasteiger partial charge in [-0.15, -0.1) is 0 Å². The molecule has 3 nitrogen and oxygen atoms in total. The van der Waals surface area contributed by atoms with Gasteiger partial charge in [0.1, 0.15) is 23.2 Å². The van der Waals surface area contributed by atoms with Gasteiger partial charge in [0.15, 0.2) is 17.2 Å². The number of hydrogen-bond acceptors (Lipinski definition) is 1. The van der Waals surface area contributed by atoms with E-state index in [2.05, 4.69) is 37.4 Å². The Kier molecular flexibility index (Phi) is 6.36. The highest BCUT2D eigenvalue weighted by Gasteiger charge is 2.46. The molecule has 0 saturated carbocycles. The van der Waals surface area contributed by atoms with E-state index in [9.17, 15) is 4.39 Å². The fraction of sp³-hybridized carbons (Fsp3) is 0.206. The molecule has 6 rings (SSSR count). The van der Waals surface area contributed by atoms with E-state index >= 15 is 8.78 Å². The predicted octanol–water partition coefficient (Wildman–Crippen LogP) is 8.36. The zero-order valence-corrected chi connectivity index (χ0v) is 24.2. The normalized spacial score (nSPS) is 14.5. The van der Waals surface area contributed by atoms with Gasteiger partial charge in [0, 0.05) is 30.2 Å². The molecule has 0 bridgehead atoms. The van der Waals surface area contributed by atoms with Crippen molar-refractivity contribution < 1.29 is 22.4 Å². The maximum atomic E-state index is 15.2. The first-order valence-corrected chi connectivity index (χ1v) is 13.6. The molecule has 205 valence electrons. The van der Waals surface area contributed by atoms with E-state index < -0.39 is 17.5 Å². The van der Waals surface area contributed by atoms with Gasteiger partial charge >= 0.3 is 7.55 Å². The average molecular weight is 550 g/mol. The van der Waals surface area contributed by atoms with Crippen molar-refractivity contribution in [2.24, 2.45) is 0 Å². The maximum absolute atomic E-state index is 15.2. The minimum Gasteiger partial charge on any atom is -0.455 e. The lowest BCUT2D eigenvalue weighted by Gasteiger charge is -2.23. The number of hydrogen-bond donors (Lipinski definition) is 0. The van der Waals surface area contributed by atoms with E-state index in [0.717, 1.165) is 74.1 Å². The molecule has 41 heavy (non-hydrogen) atoms. The lowest BCUT2D eigenvalue weighted by Crippen LogP contribution is -2.32. The third-order valence-electron chi connectivity index (χ3n) is 8.17. The average Bonchev–Trinajstić information content (AvgIpc) is 3.28. The lowest BCUT2D eigenvalue weighted by molar-refractivity contribution is -0.315. The van der Waals surface area contributed by atoms with Crippen LogP contribution in [0.3, 0.4) is 0 Å². The number of fused-ring (bicyclic) bond motifs is 2. The maximum Gasteiger partial charge on any atom is 0.700 e. The second-order valence-electron chi connectivity index (χ2n) is 11.0. The summed E-state index contributed by atoms with van der Waals surface area (Å²) in [6.45, 7) is 14.0. The molecule has 0 amide bonds. The van der Waals surface area contributed by atoms with Crippen LogP contribution in [0.2, 0.25) is 0 Å². The van der Waals surface area contributed by atoms with Crippen LogP contribution in [0, 0.1) is 52.1 Å². The summed E-state index contributed by atoms with van der Waals surface area (Å²) in [5.74, 6) is -1.29. The van der Waals surface area contributed by atoms with Crippen LogP contribution in [0.4, 0.5) is 13.2 Å². The van der Waals surface area contributed by atoms with E-state index in [1.807, 2.05) is 70.1 Å². The first kappa shape index (κ1) is 26.9. The number of nitrogens with zero attached hydrogens (tertiary/aromatic N) is 2.